The second kappa shape index (κ2) is 14.4. The Morgan fingerprint density at radius 2 is 1.67 bits per heavy atom. The Labute approximate surface area is 248 Å². The van der Waals surface area contributed by atoms with Crippen LogP contribution in [0.4, 0.5) is 4.39 Å². The van der Waals surface area contributed by atoms with Gasteiger partial charge in [-0.2, -0.15) is 0 Å². The topological polar surface area (TPSA) is 49.4 Å². The molecule has 3 aromatic rings. The highest BCUT2D eigenvalue weighted by Crippen LogP contribution is 2.27. The Morgan fingerprint density at radius 3 is 2.36 bits per heavy atom. The van der Waals surface area contributed by atoms with Gasteiger partial charge in [-0.1, -0.05) is 90.1 Å². The molecule has 1 aliphatic carbocycles. The lowest BCUT2D eigenvalue weighted by Crippen LogP contribution is -2.52. The van der Waals surface area contributed by atoms with Crippen molar-refractivity contribution in [2.45, 2.75) is 56.5 Å². The molecule has 4 nitrogen and oxygen atoms in total. The number of hydrogen-bond acceptors (Lipinski definition) is 3. The number of nitrogens with one attached hydrogen (secondary N) is 1. The number of halogens is 4. The lowest BCUT2D eigenvalue weighted by atomic mass is 10.0. The summed E-state index contributed by atoms with van der Waals surface area (Å²) < 4.78 is 14.3. The molecule has 0 radical (unpaired) electrons. The van der Waals surface area contributed by atoms with Gasteiger partial charge < -0.3 is 10.2 Å². The molecular formula is C30H30Cl3FN2O2S. The first-order valence-corrected chi connectivity index (χ1v) is 15.2. The molecule has 0 spiro atoms. The summed E-state index contributed by atoms with van der Waals surface area (Å²) in [4.78, 5) is 29.1. The smallest absolute Gasteiger partial charge is 0.243 e. The zero-order valence-corrected chi connectivity index (χ0v) is 24.4. The molecule has 39 heavy (non-hydrogen) atoms. The number of carbonyl (C=O) groups excluding carboxylic acids is 2. The van der Waals surface area contributed by atoms with E-state index >= 15 is 0 Å². The van der Waals surface area contributed by atoms with Crippen LogP contribution in [0.3, 0.4) is 0 Å². The van der Waals surface area contributed by atoms with Crippen molar-refractivity contribution in [2.75, 3.05) is 5.75 Å². The first kappa shape index (κ1) is 29.7. The fourth-order valence-electron chi connectivity index (χ4n) is 4.75. The zero-order valence-electron chi connectivity index (χ0n) is 21.3. The van der Waals surface area contributed by atoms with Crippen LogP contribution in [-0.4, -0.2) is 34.6 Å². The number of rotatable bonds is 11. The molecule has 1 N–H and O–H groups in total. The molecule has 9 heteroatoms. The molecule has 1 aliphatic rings. The van der Waals surface area contributed by atoms with Crippen LogP contribution in [0.2, 0.25) is 15.1 Å². The Morgan fingerprint density at radius 1 is 0.923 bits per heavy atom. The molecule has 0 aliphatic heterocycles. The first-order valence-electron chi connectivity index (χ1n) is 12.9. The summed E-state index contributed by atoms with van der Waals surface area (Å²) in [5.74, 6) is -0.543. The van der Waals surface area contributed by atoms with Gasteiger partial charge in [0.15, 0.2) is 0 Å². The fraction of sp³-hybridized carbons (Fsp3) is 0.333. The van der Waals surface area contributed by atoms with Gasteiger partial charge in [-0.3, -0.25) is 9.59 Å². The van der Waals surface area contributed by atoms with Crippen molar-refractivity contribution in [1.82, 2.24) is 10.2 Å². The van der Waals surface area contributed by atoms with E-state index in [0.717, 1.165) is 36.8 Å². The highest BCUT2D eigenvalue weighted by atomic mass is 35.5. The third kappa shape index (κ3) is 8.37. The van der Waals surface area contributed by atoms with Gasteiger partial charge in [0.05, 0.1) is 15.8 Å². The third-order valence-electron chi connectivity index (χ3n) is 6.84. The maximum atomic E-state index is 14.3. The van der Waals surface area contributed by atoms with E-state index in [-0.39, 0.29) is 35.9 Å². The zero-order chi connectivity index (χ0) is 27.8. The molecule has 1 fully saturated rings. The molecule has 0 bridgehead atoms. The van der Waals surface area contributed by atoms with E-state index in [2.05, 4.69) is 5.32 Å². The van der Waals surface area contributed by atoms with Crippen LogP contribution in [0.1, 0.15) is 42.4 Å². The van der Waals surface area contributed by atoms with E-state index in [1.807, 2.05) is 30.3 Å². The van der Waals surface area contributed by atoms with Crippen molar-refractivity contribution in [3.8, 4) is 0 Å². The number of amides is 2. The lowest BCUT2D eigenvalue weighted by molar-refractivity contribution is -0.139. The standard InChI is InChI=1S/C30H30Cl3FN2O2S/c31-24-11-6-12-27(34)23(24)18-39-19-29(37)36(17-21-13-14-25(32)26(33)15-21)28(16-20-7-2-1-3-8-20)30(38)35-22-9-4-5-10-22/h1-3,6-8,11-15,22,28H,4-5,9-10,16-19H2,(H,35,38). The van der Waals surface area contributed by atoms with Gasteiger partial charge in [-0.15, -0.1) is 11.8 Å². The van der Waals surface area contributed by atoms with Gasteiger partial charge in [0.1, 0.15) is 11.9 Å². The summed E-state index contributed by atoms with van der Waals surface area (Å²) in [6.45, 7) is 0.173. The van der Waals surface area contributed by atoms with Gasteiger partial charge >= 0.3 is 0 Å². The number of thioether (sulfide) groups is 1. The highest BCUT2D eigenvalue weighted by Gasteiger charge is 2.32. The Balaban J connectivity index is 1.59. The van der Waals surface area contributed by atoms with Gasteiger partial charge in [0.2, 0.25) is 11.8 Å². The summed E-state index contributed by atoms with van der Waals surface area (Å²) in [5.41, 5.74) is 2.06. The molecule has 1 unspecified atom stereocenters. The van der Waals surface area contributed by atoms with E-state index < -0.39 is 11.9 Å². The van der Waals surface area contributed by atoms with Gasteiger partial charge in [-0.25, -0.2) is 4.39 Å². The number of benzene rings is 3. The maximum absolute atomic E-state index is 14.3. The predicted octanol–water partition coefficient (Wildman–Crippen LogP) is 7.72. The highest BCUT2D eigenvalue weighted by molar-refractivity contribution is 7.99. The van der Waals surface area contributed by atoms with Crippen LogP contribution in [0.25, 0.3) is 0 Å². The minimum atomic E-state index is -0.743. The minimum Gasteiger partial charge on any atom is -0.352 e. The summed E-state index contributed by atoms with van der Waals surface area (Å²) in [6, 6.07) is 18.7. The molecule has 3 aromatic carbocycles. The Kier molecular flexibility index (Phi) is 11.0. The monoisotopic (exact) mass is 606 g/mol. The molecule has 206 valence electrons. The number of carbonyl (C=O) groups is 2. The normalized spacial score (nSPS) is 14.3. The molecule has 4 rings (SSSR count). The van der Waals surface area contributed by atoms with Crippen molar-refractivity contribution in [2.24, 2.45) is 0 Å². The van der Waals surface area contributed by atoms with Gasteiger partial charge in [0, 0.05) is 35.3 Å². The second-order valence-corrected chi connectivity index (χ2v) is 11.9. The number of hydrogen-bond donors (Lipinski definition) is 1. The van der Waals surface area contributed by atoms with Crippen LogP contribution >= 0.6 is 46.6 Å². The summed E-state index contributed by atoms with van der Waals surface area (Å²) in [6.07, 6.45) is 4.38. The fourth-order valence-corrected chi connectivity index (χ4v) is 6.32. The Hall–Kier alpha value is -2.25. The maximum Gasteiger partial charge on any atom is 0.243 e. The van der Waals surface area contributed by atoms with Crippen molar-refractivity contribution in [3.05, 3.63) is 104 Å². The van der Waals surface area contributed by atoms with E-state index in [0.29, 0.717) is 27.1 Å². The third-order valence-corrected chi connectivity index (χ3v) is 8.88. The average Bonchev–Trinajstić information content (AvgIpc) is 3.43. The molecule has 0 aromatic heterocycles. The molecule has 1 atom stereocenters. The van der Waals surface area contributed by atoms with E-state index in [9.17, 15) is 14.0 Å². The van der Waals surface area contributed by atoms with Crippen LogP contribution in [0.15, 0.2) is 66.7 Å². The van der Waals surface area contributed by atoms with Crippen LogP contribution in [0.5, 0.6) is 0 Å². The second-order valence-electron chi connectivity index (χ2n) is 9.66. The van der Waals surface area contributed by atoms with Crippen molar-refractivity contribution >= 4 is 58.4 Å². The number of nitrogens with zero attached hydrogens (tertiary/aromatic N) is 1. The van der Waals surface area contributed by atoms with Crippen molar-refractivity contribution in [3.63, 3.8) is 0 Å². The quantitative estimate of drug-likeness (QED) is 0.243. The molecule has 0 saturated heterocycles. The first-order chi connectivity index (χ1) is 18.8. The van der Waals surface area contributed by atoms with Crippen LogP contribution < -0.4 is 5.32 Å². The van der Waals surface area contributed by atoms with Crippen LogP contribution in [-0.2, 0) is 28.3 Å². The van der Waals surface area contributed by atoms with Gasteiger partial charge in [0.25, 0.3) is 0 Å². The minimum absolute atomic E-state index is 0.0496. The summed E-state index contributed by atoms with van der Waals surface area (Å²) in [7, 11) is 0. The lowest BCUT2D eigenvalue weighted by Gasteiger charge is -2.32. The van der Waals surface area contributed by atoms with E-state index in [1.54, 1.807) is 35.2 Å². The van der Waals surface area contributed by atoms with Crippen molar-refractivity contribution in [1.29, 1.82) is 0 Å². The molecule has 2 amide bonds. The molecule has 1 saturated carbocycles. The largest absolute Gasteiger partial charge is 0.352 e. The molecule has 0 heterocycles. The van der Waals surface area contributed by atoms with Crippen LogP contribution in [0, 0.1) is 5.82 Å². The molecular weight excluding hydrogens is 578 g/mol. The predicted molar refractivity (Wildman–Crippen MR) is 159 cm³/mol. The van der Waals surface area contributed by atoms with Gasteiger partial charge in [-0.05, 0) is 48.2 Å². The summed E-state index contributed by atoms with van der Waals surface area (Å²) in [5, 5.41) is 4.29. The summed E-state index contributed by atoms with van der Waals surface area (Å²) >= 11 is 19.8. The average molecular weight is 608 g/mol. The van der Waals surface area contributed by atoms with Crippen molar-refractivity contribution < 1.29 is 14.0 Å². The van der Waals surface area contributed by atoms with E-state index in [1.165, 1.54) is 17.8 Å². The Bertz CT molecular complexity index is 1270. The SMILES string of the molecule is O=C(NC1CCCC1)C(Cc1ccccc1)N(Cc1ccc(Cl)c(Cl)c1)C(=O)CSCc1c(F)cccc1Cl. The van der Waals surface area contributed by atoms with E-state index in [4.69, 9.17) is 34.8 Å².